The first-order chi connectivity index (χ1) is 14.3. The molecule has 0 saturated heterocycles. The summed E-state index contributed by atoms with van der Waals surface area (Å²) in [6, 6.07) is 0. The molecule has 5 rings (SSSR count). The summed E-state index contributed by atoms with van der Waals surface area (Å²) in [4.78, 5) is 0. The topological polar surface area (TPSA) is 20.2 Å². The Balaban J connectivity index is 1.54. The third-order valence-corrected chi connectivity index (χ3v) is 13.5. The van der Waals surface area contributed by atoms with E-state index in [1.54, 1.807) is 0 Å². The molecule has 176 valence electrons. The van der Waals surface area contributed by atoms with E-state index in [1.807, 2.05) is 0 Å². The van der Waals surface area contributed by atoms with E-state index in [4.69, 9.17) is 0 Å². The first-order valence-corrected chi connectivity index (χ1v) is 13.6. The van der Waals surface area contributed by atoms with E-state index < -0.39 is 0 Å². The normalized spacial score (nSPS) is 57.9. The Labute approximate surface area is 192 Å². The number of aliphatic hydroxyl groups is 1. The van der Waals surface area contributed by atoms with Crippen molar-refractivity contribution in [2.24, 2.45) is 56.7 Å². The zero-order valence-corrected chi connectivity index (χ0v) is 21.7. The summed E-state index contributed by atoms with van der Waals surface area (Å²) < 4.78 is 0. The Morgan fingerprint density at radius 3 is 2.13 bits per heavy atom. The zero-order chi connectivity index (χ0) is 22.6. The SMILES string of the molecule is C=C(C)C1CC[C@]2(C)CC[C@]3(C)C(CCC4[C@@]5(C)CCC(O)C(C)(C)C5CC[C@]43C)C12. The summed E-state index contributed by atoms with van der Waals surface area (Å²) in [5, 5.41) is 10.9. The van der Waals surface area contributed by atoms with Crippen molar-refractivity contribution in [2.75, 3.05) is 0 Å². The third kappa shape index (κ3) is 2.65. The summed E-state index contributed by atoms with van der Waals surface area (Å²) in [6.45, 7) is 22.3. The fraction of sp³-hybridized carbons (Fsp3) is 0.933. The van der Waals surface area contributed by atoms with E-state index in [0.717, 1.165) is 30.1 Å². The largest absolute Gasteiger partial charge is 0.393 e. The van der Waals surface area contributed by atoms with Crippen molar-refractivity contribution < 1.29 is 5.11 Å². The van der Waals surface area contributed by atoms with Gasteiger partial charge in [-0.25, -0.2) is 0 Å². The maximum atomic E-state index is 10.9. The van der Waals surface area contributed by atoms with Gasteiger partial charge in [0, 0.05) is 0 Å². The van der Waals surface area contributed by atoms with Crippen molar-refractivity contribution >= 4 is 0 Å². The molecule has 5 aliphatic rings. The van der Waals surface area contributed by atoms with Crippen LogP contribution in [0.2, 0.25) is 0 Å². The van der Waals surface area contributed by atoms with Gasteiger partial charge in [0.25, 0.3) is 0 Å². The first-order valence-electron chi connectivity index (χ1n) is 13.6. The van der Waals surface area contributed by atoms with Crippen LogP contribution in [0.25, 0.3) is 0 Å². The molecule has 5 saturated carbocycles. The van der Waals surface area contributed by atoms with Gasteiger partial charge in [0.05, 0.1) is 6.10 Å². The predicted molar refractivity (Wildman–Crippen MR) is 131 cm³/mol. The number of hydrogen-bond donors (Lipinski definition) is 1. The molecule has 0 bridgehead atoms. The molecular formula is C30H50O. The van der Waals surface area contributed by atoms with E-state index in [9.17, 15) is 5.11 Å². The molecule has 5 aliphatic carbocycles. The molecule has 0 radical (unpaired) electrons. The Kier molecular flexibility index (Phi) is 4.82. The van der Waals surface area contributed by atoms with Gasteiger partial charge in [-0.3, -0.25) is 0 Å². The van der Waals surface area contributed by atoms with Crippen LogP contribution in [0.4, 0.5) is 0 Å². The molecule has 31 heavy (non-hydrogen) atoms. The van der Waals surface area contributed by atoms with Crippen LogP contribution in [0.15, 0.2) is 12.2 Å². The molecular weight excluding hydrogens is 376 g/mol. The first kappa shape index (κ1) is 22.5. The van der Waals surface area contributed by atoms with E-state index in [0.29, 0.717) is 27.6 Å². The Morgan fingerprint density at radius 2 is 1.45 bits per heavy atom. The maximum absolute atomic E-state index is 10.9. The standard InChI is InChI=1S/C30H50O/c1-19(2)20-11-14-27(5)17-18-29(7)21(25(20)27)9-10-23-28(6)15-13-24(31)26(3,4)22(28)12-16-30(23,29)8/h20-25,31H,1,9-18H2,2-8H3/t20?,21?,22?,23?,24?,25?,27-,28+,29-,30-/m1/s1. The molecule has 5 fully saturated rings. The lowest BCUT2D eigenvalue weighted by Crippen LogP contribution is -2.66. The van der Waals surface area contributed by atoms with Crippen LogP contribution in [0.5, 0.6) is 0 Å². The summed E-state index contributed by atoms with van der Waals surface area (Å²) >= 11 is 0. The molecule has 0 heterocycles. The van der Waals surface area contributed by atoms with Gasteiger partial charge in [0.15, 0.2) is 0 Å². The van der Waals surface area contributed by atoms with E-state index in [-0.39, 0.29) is 11.5 Å². The highest BCUT2D eigenvalue weighted by molar-refractivity contribution is 5.21. The second-order valence-electron chi connectivity index (χ2n) is 14.7. The average Bonchev–Trinajstić information content (AvgIpc) is 3.04. The summed E-state index contributed by atoms with van der Waals surface area (Å²) in [5.41, 5.74) is 3.38. The molecule has 0 spiro atoms. The van der Waals surface area contributed by atoms with Crippen LogP contribution in [-0.4, -0.2) is 11.2 Å². The highest BCUT2D eigenvalue weighted by atomic mass is 16.3. The fourth-order valence-corrected chi connectivity index (χ4v) is 11.5. The van der Waals surface area contributed by atoms with E-state index in [1.165, 1.54) is 63.4 Å². The van der Waals surface area contributed by atoms with Crippen molar-refractivity contribution in [1.29, 1.82) is 0 Å². The molecule has 0 aliphatic heterocycles. The molecule has 1 heteroatoms. The number of allylic oxidation sites excluding steroid dienone is 1. The second kappa shape index (κ2) is 6.64. The summed E-state index contributed by atoms with van der Waals surface area (Å²) in [5.74, 6) is 3.98. The minimum atomic E-state index is -0.118. The van der Waals surface area contributed by atoms with Gasteiger partial charge in [-0.05, 0) is 128 Å². The molecule has 1 nitrogen and oxygen atoms in total. The van der Waals surface area contributed by atoms with Crippen LogP contribution in [0.1, 0.15) is 113 Å². The smallest absolute Gasteiger partial charge is 0.0594 e. The van der Waals surface area contributed by atoms with Gasteiger partial charge in [-0.2, -0.15) is 0 Å². The molecule has 10 atom stereocenters. The molecule has 0 aromatic heterocycles. The number of aliphatic hydroxyl groups excluding tert-OH is 1. The van der Waals surface area contributed by atoms with Crippen molar-refractivity contribution in [3.8, 4) is 0 Å². The van der Waals surface area contributed by atoms with Gasteiger partial charge in [-0.15, -0.1) is 0 Å². The van der Waals surface area contributed by atoms with Crippen LogP contribution < -0.4 is 0 Å². The van der Waals surface area contributed by atoms with Crippen molar-refractivity contribution in [3.05, 3.63) is 12.2 Å². The second-order valence-corrected chi connectivity index (χ2v) is 14.7. The molecule has 0 aromatic rings. The predicted octanol–water partition coefficient (Wildman–Crippen LogP) is 8.02. The number of hydrogen-bond acceptors (Lipinski definition) is 1. The summed E-state index contributed by atoms with van der Waals surface area (Å²) in [6.07, 6.45) is 13.4. The number of fused-ring (bicyclic) bond motifs is 7. The Morgan fingerprint density at radius 1 is 0.742 bits per heavy atom. The van der Waals surface area contributed by atoms with Crippen molar-refractivity contribution in [1.82, 2.24) is 0 Å². The minimum absolute atomic E-state index is 0.0632. The quantitative estimate of drug-likeness (QED) is 0.421. The summed E-state index contributed by atoms with van der Waals surface area (Å²) in [7, 11) is 0. The lowest BCUT2D eigenvalue weighted by atomic mass is 9.32. The Bertz CT molecular complexity index is 766. The van der Waals surface area contributed by atoms with Gasteiger partial charge >= 0.3 is 0 Å². The fourth-order valence-electron chi connectivity index (χ4n) is 11.5. The average molecular weight is 427 g/mol. The van der Waals surface area contributed by atoms with Crippen LogP contribution >= 0.6 is 0 Å². The molecule has 0 aromatic carbocycles. The lowest BCUT2D eigenvalue weighted by Gasteiger charge is -2.73. The van der Waals surface area contributed by atoms with Crippen molar-refractivity contribution in [3.63, 3.8) is 0 Å². The minimum Gasteiger partial charge on any atom is -0.393 e. The maximum Gasteiger partial charge on any atom is 0.0594 e. The van der Waals surface area contributed by atoms with Gasteiger partial charge in [0.2, 0.25) is 0 Å². The van der Waals surface area contributed by atoms with Crippen LogP contribution in [0.3, 0.4) is 0 Å². The number of rotatable bonds is 1. The molecule has 1 N–H and O–H groups in total. The van der Waals surface area contributed by atoms with Gasteiger partial charge < -0.3 is 5.11 Å². The van der Waals surface area contributed by atoms with Crippen molar-refractivity contribution in [2.45, 2.75) is 119 Å². The van der Waals surface area contributed by atoms with Crippen LogP contribution in [0, 0.1) is 56.7 Å². The van der Waals surface area contributed by atoms with E-state index in [2.05, 4.69) is 55.0 Å². The third-order valence-electron chi connectivity index (χ3n) is 13.5. The lowest BCUT2D eigenvalue weighted by molar-refractivity contribution is -0.246. The highest BCUT2D eigenvalue weighted by Crippen LogP contribution is 2.77. The van der Waals surface area contributed by atoms with E-state index >= 15 is 0 Å². The zero-order valence-electron chi connectivity index (χ0n) is 21.7. The molecule has 6 unspecified atom stereocenters. The Hall–Kier alpha value is -0.300. The molecule has 0 amide bonds. The van der Waals surface area contributed by atoms with Gasteiger partial charge in [0.1, 0.15) is 0 Å². The van der Waals surface area contributed by atoms with Crippen LogP contribution in [-0.2, 0) is 0 Å². The van der Waals surface area contributed by atoms with Gasteiger partial charge in [-0.1, -0.05) is 53.7 Å². The highest BCUT2D eigenvalue weighted by Gasteiger charge is 2.70. The monoisotopic (exact) mass is 426 g/mol.